The third-order valence-corrected chi connectivity index (χ3v) is 2.41. The second-order valence-corrected chi connectivity index (χ2v) is 4.90. The fourth-order valence-electron chi connectivity index (χ4n) is 1.61. The molecule has 2 nitrogen and oxygen atoms in total. The second kappa shape index (κ2) is 4.67. The SMILES string of the molecule is Cc1cccc(C(C)(C)C)c1OCC[NH3+]. The van der Waals surface area contributed by atoms with E-state index >= 15 is 0 Å². The minimum Gasteiger partial charge on any atom is -0.487 e. The third kappa shape index (κ3) is 2.96. The van der Waals surface area contributed by atoms with Gasteiger partial charge in [-0.25, -0.2) is 0 Å². The summed E-state index contributed by atoms with van der Waals surface area (Å²) < 4.78 is 5.78. The Kier molecular flexibility index (Phi) is 3.75. The van der Waals surface area contributed by atoms with Gasteiger partial charge in [-0.05, 0) is 23.5 Å². The molecule has 15 heavy (non-hydrogen) atoms. The standard InChI is InChI=1S/C13H21NO/c1-10-6-5-7-11(13(2,3)4)12(10)15-9-8-14/h5-7H,8-9,14H2,1-4H3/p+1. The molecule has 0 aromatic heterocycles. The lowest BCUT2D eigenvalue weighted by Gasteiger charge is -2.23. The molecule has 0 saturated carbocycles. The first-order chi connectivity index (χ1) is 6.96. The topological polar surface area (TPSA) is 36.9 Å². The second-order valence-electron chi connectivity index (χ2n) is 4.90. The van der Waals surface area contributed by atoms with E-state index in [2.05, 4.69) is 51.6 Å². The molecule has 1 rings (SSSR count). The summed E-state index contributed by atoms with van der Waals surface area (Å²) in [6.45, 7) is 10.2. The van der Waals surface area contributed by atoms with E-state index in [1.54, 1.807) is 0 Å². The lowest BCUT2D eigenvalue weighted by Crippen LogP contribution is -2.52. The van der Waals surface area contributed by atoms with Gasteiger partial charge in [0, 0.05) is 0 Å². The zero-order valence-electron chi connectivity index (χ0n) is 10.3. The molecule has 0 unspecified atom stereocenters. The van der Waals surface area contributed by atoms with E-state index in [4.69, 9.17) is 4.74 Å². The fraction of sp³-hybridized carbons (Fsp3) is 0.538. The molecule has 0 saturated heterocycles. The maximum absolute atomic E-state index is 5.78. The van der Waals surface area contributed by atoms with E-state index in [1.165, 1.54) is 11.1 Å². The van der Waals surface area contributed by atoms with Crippen LogP contribution >= 0.6 is 0 Å². The van der Waals surface area contributed by atoms with Crippen LogP contribution in [0.3, 0.4) is 0 Å². The Morgan fingerprint density at radius 2 is 1.93 bits per heavy atom. The van der Waals surface area contributed by atoms with Crippen molar-refractivity contribution in [1.82, 2.24) is 0 Å². The highest BCUT2D eigenvalue weighted by Gasteiger charge is 2.19. The first-order valence-electron chi connectivity index (χ1n) is 5.49. The number of aryl methyl sites for hydroxylation is 1. The maximum atomic E-state index is 5.78. The van der Waals surface area contributed by atoms with Crippen LogP contribution in [-0.4, -0.2) is 13.2 Å². The normalized spacial score (nSPS) is 11.5. The first-order valence-corrected chi connectivity index (χ1v) is 5.49. The first kappa shape index (κ1) is 12.1. The zero-order valence-corrected chi connectivity index (χ0v) is 10.3. The largest absolute Gasteiger partial charge is 0.487 e. The van der Waals surface area contributed by atoms with Crippen LogP contribution in [0.1, 0.15) is 31.9 Å². The summed E-state index contributed by atoms with van der Waals surface area (Å²) in [6.07, 6.45) is 0. The van der Waals surface area contributed by atoms with Crippen molar-refractivity contribution in [3.8, 4) is 5.75 Å². The average Bonchev–Trinajstić information content (AvgIpc) is 2.14. The van der Waals surface area contributed by atoms with Gasteiger partial charge in [0.15, 0.2) is 0 Å². The van der Waals surface area contributed by atoms with E-state index in [-0.39, 0.29) is 5.41 Å². The van der Waals surface area contributed by atoms with Gasteiger partial charge >= 0.3 is 0 Å². The molecule has 0 aliphatic rings. The minimum absolute atomic E-state index is 0.128. The highest BCUT2D eigenvalue weighted by Crippen LogP contribution is 2.33. The van der Waals surface area contributed by atoms with Crippen molar-refractivity contribution in [2.24, 2.45) is 0 Å². The molecule has 0 amide bonds. The molecule has 1 aromatic rings. The van der Waals surface area contributed by atoms with Gasteiger partial charge in [0.25, 0.3) is 0 Å². The summed E-state index contributed by atoms with van der Waals surface area (Å²) in [6, 6.07) is 6.33. The molecule has 2 heteroatoms. The molecule has 0 atom stereocenters. The number of para-hydroxylation sites is 1. The predicted molar refractivity (Wildman–Crippen MR) is 63.1 cm³/mol. The van der Waals surface area contributed by atoms with E-state index in [9.17, 15) is 0 Å². The molecule has 84 valence electrons. The van der Waals surface area contributed by atoms with Crippen LogP contribution in [0.4, 0.5) is 0 Å². The van der Waals surface area contributed by atoms with Gasteiger partial charge in [-0.3, -0.25) is 0 Å². The van der Waals surface area contributed by atoms with E-state index < -0.39 is 0 Å². The van der Waals surface area contributed by atoms with Crippen LogP contribution in [0.15, 0.2) is 18.2 Å². The molecular formula is C13H22NO+. The molecule has 0 aliphatic heterocycles. The smallest absolute Gasteiger partial charge is 0.137 e. The van der Waals surface area contributed by atoms with E-state index in [0.717, 1.165) is 12.3 Å². The molecular weight excluding hydrogens is 186 g/mol. The molecule has 0 fully saturated rings. The quantitative estimate of drug-likeness (QED) is 0.809. The van der Waals surface area contributed by atoms with Crippen LogP contribution in [0.25, 0.3) is 0 Å². The highest BCUT2D eigenvalue weighted by molar-refractivity contribution is 5.44. The van der Waals surface area contributed by atoms with Crippen molar-refractivity contribution in [1.29, 1.82) is 0 Å². The van der Waals surface area contributed by atoms with Gasteiger partial charge in [-0.2, -0.15) is 0 Å². The van der Waals surface area contributed by atoms with Crippen LogP contribution in [0.5, 0.6) is 5.75 Å². The molecule has 3 N–H and O–H groups in total. The van der Waals surface area contributed by atoms with Crippen LogP contribution in [0, 0.1) is 6.92 Å². The Bertz CT molecular complexity index is 326. The fourth-order valence-corrected chi connectivity index (χ4v) is 1.61. The Hall–Kier alpha value is -1.02. The molecule has 0 bridgehead atoms. The molecule has 0 heterocycles. The van der Waals surface area contributed by atoms with Crippen molar-refractivity contribution >= 4 is 0 Å². The summed E-state index contributed by atoms with van der Waals surface area (Å²) in [5, 5.41) is 0. The van der Waals surface area contributed by atoms with Crippen molar-refractivity contribution in [3.63, 3.8) is 0 Å². The third-order valence-electron chi connectivity index (χ3n) is 2.41. The Labute approximate surface area is 92.4 Å². The van der Waals surface area contributed by atoms with Crippen LogP contribution < -0.4 is 10.5 Å². The van der Waals surface area contributed by atoms with Gasteiger partial charge in [0.05, 0.1) is 0 Å². The van der Waals surface area contributed by atoms with Crippen molar-refractivity contribution < 1.29 is 10.5 Å². The lowest BCUT2D eigenvalue weighted by molar-refractivity contribution is -0.370. The zero-order chi connectivity index (χ0) is 11.5. The lowest BCUT2D eigenvalue weighted by atomic mass is 9.85. The Balaban J connectivity index is 3.09. The summed E-state index contributed by atoms with van der Waals surface area (Å²) in [5.41, 5.74) is 6.40. The number of ether oxygens (including phenoxy) is 1. The monoisotopic (exact) mass is 208 g/mol. The van der Waals surface area contributed by atoms with Crippen LogP contribution in [-0.2, 0) is 5.41 Å². The summed E-state index contributed by atoms with van der Waals surface area (Å²) >= 11 is 0. The minimum atomic E-state index is 0.128. The molecule has 0 aliphatic carbocycles. The molecule has 0 radical (unpaired) electrons. The number of hydrogen-bond donors (Lipinski definition) is 1. The Morgan fingerprint density at radius 1 is 1.27 bits per heavy atom. The summed E-state index contributed by atoms with van der Waals surface area (Å²) in [7, 11) is 0. The summed E-state index contributed by atoms with van der Waals surface area (Å²) in [5.74, 6) is 1.04. The van der Waals surface area contributed by atoms with Gasteiger partial charge in [0.2, 0.25) is 0 Å². The predicted octanol–water partition coefficient (Wildman–Crippen LogP) is 1.91. The van der Waals surface area contributed by atoms with Gasteiger partial charge in [-0.1, -0.05) is 39.0 Å². The van der Waals surface area contributed by atoms with E-state index in [0.29, 0.717) is 6.61 Å². The number of benzene rings is 1. The molecule has 1 aromatic carbocycles. The van der Waals surface area contributed by atoms with Crippen molar-refractivity contribution in [2.45, 2.75) is 33.1 Å². The Morgan fingerprint density at radius 3 is 2.47 bits per heavy atom. The number of rotatable bonds is 3. The van der Waals surface area contributed by atoms with Crippen molar-refractivity contribution in [2.75, 3.05) is 13.2 Å². The number of hydrogen-bond acceptors (Lipinski definition) is 1. The van der Waals surface area contributed by atoms with Crippen LogP contribution in [0.2, 0.25) is 0 Å². The van der Waals surface area contributed by atoms with E-state index in [1.807, 2.05) is 0 Å². The number of quaternary nitrogens is 1. The van der Waals surface area contributed by atoms with Crippen molar-refractivity contribution in [3.05, 3.63) is 29.3 Å². The van der Waals surface area contributed by atoms with Gasteiger partial charge in [0.1, 0.15) is 18.9 Å². The van der Waals surface area contributed by atoms with Gasteiger partial charge in [-0.15, -0.1) is 0 Å². The summed E-state index contributed by atoms with van der Waals surface area (Å²) in [4.78, 5) is 0. The molecule has 0 spiro atoms. The highest BCUT2D eigenvalue weighted by atomic mass is 16.5. The maximum Gasteiger partial charge on any atom is 0.137 e. The average molecular weight is 208 g/mol. The van der Waals surface area contributed by atoms with Gasteiger partial charge < -0.3 is 10.5 Å².